The van der Waals surface area contributed by atoms with Crippen LogP contribution in [0.25, 0.3) is 0 Å². The zero-order chi connectivity index (χ0) is 20.4. The van der Waals surface area contributed by atoms with Crippen LogP contribution in [0.2, 0.25) is 0 Å². The fraction of sp³-hybridized carbons (Fsp3) is 0.0952. The summed E-state index contributed by atoms with van der Waals surface area (Å²) >= 11 is 0. The molecule has 148 valence electrons. The zero-order valence-corrected chi connectivity index (χ0v) is 16.4. The Labute approximate surface area is 169 Å². The Morgan fingerprint density at radius 1 is 0.931 bits per heavy atom. The number of nitrogens with zero attached hydrogens (tertiary/aromatic N) is 1. The number of carbonyl (C=O) groups is 1. The van der Waals surface area contributed by atoms with Gasteiger partial charge in [-0.3, -0.25) is 4.79 Å². The van der Waals surface area contributed by atoms with Crippen LogP contribution in [0.4, 0.5) is 5.69 Å². The number of sulfonamides is 1. The highest BCUT2D eigenvalue weighted by atomic mass is 32.2. The standard InChI is InChI=1S/C21H19N3O4S/c1-28-16-13-11-15(12-14-16)20-22-19-10-6-5-9-18(19)21(25)24(20)23-29(26,27)17-7-3-2-4-8-17/h2-14,20,22-23H,1H3/t20-/m1/s1. The molecular formula is C21H19N3O4S. The molecule has 0 aliphatic carbocycles. The van der Waals surface area contributed by atoms with E-state index in [1.165, 1.54) is 12.1 Å². The van der Waals surface area contributed by atoms with Gasteiger partial charge in [0.2, 0.25) is 0 Å². The maximum atomic E-state index is 13.2. The van der Waals surface area contributed by atoms with Crippen LogP contribution < -0.4 is 14.9 Å². The van der Waals surface area contributed by atoms with Crippen LogP contribution in [0.5, 0.6) is 5.75 Å². The van der Waals surface area contributed by atoms with Crippen LogP contribution >= 0.6 is 0 Å². The summed E-state index contributed by atoms with van der Waals surface area (Å²) in [6, 6.07) is 22.0. The first-order chi connectivity index (χ1) is 14.0. The minimum atomic E-state index is -3.96. The van der Waals surface area contributed by atoms with Gasteiger partial charge in [0.05, 0.1) is 17.6 Å². The molecule has 2 N–H and O–H groups in total. The Balaban J connectivity index is 1.75. The predicted octanol–water partition coefficient (Wildman–Crippen LogP) is 3.16. The number of hydrogen-bond donors (Lipinski definition) is 2. The number of methoxy groups -OCH3 is 1. The second kappa shape index (κ2) is 7.57. The number of fused-ring (bicyclic) bond motifs is 1. The number of amides is 1. The molecule has 7 nitrogen and oxygen atoms in total. The monoisotopic (exact) mass is 409 g/mol. The van der Waals surface area contributed by atoms with E-state index in [4.69, 9.17) is 4.74 Å². The largest absolute Gasteiger partial charge is 0.497 e. The van der Waals surface area contributed by atoms with Gasteiger partial charge in [0.1, 0.15) is 11.9 Å². The quantitative estimate of drug-likeness (QED) is 0.676. The van der Waals surface area contributed by atoms with Gasteiger partial charge in [0.15, 0.2) is 0 Å². The third-order valence-electron chi connectivity index (χ3n) is 4.63. The third-order valence-corrected chi connectivity index (χ3v) is 5.96. The van der Waals surface area contributed by atoms with E-state index in [9.17, 15) is 13.2 Å². The second-order valence-corrected chi connectivity index (χ2v) is 8.11. The average Bonchev–Trinajstić information content (AvgIpc) is 2.76. The van der Waals surface area contributed by atoms with Gasteiger partial charge in [-0.05, 0) is 42.0 Å². The van der Waals surface area contributed by atoms with Gasteiger partial charge in [0, 0.05) is 5.69 Å². The highest BCUT2D eigenvalue weighted by Gasteiger charge is 2.36. The van der Waals surface area contributed by atoms with Gasteiger partial charge in [0.25, 0.3) is 15.9 Å². The summed E-state index contributed by atoms with van der Waals surface area (Å²) in [6.45, 7) is 0. The second-order valence-electron chi connectivity index (χ2n) is 6.45. The van der Waals surface area contributed by atoms with E-state index in [0.29, 0.717) is 22.6 Å². The van der Waals surface area contributed by atoms with E-state index in [0.717, 1.165) is 5.01 Å². The topological polar surface area (TPSA) is 87.7 Å². The van der Waals surface area contributed by atoms with Gasteiger partial charge < -0.3 is 10.1 Å². The Hall–Kier alpha value is -3.36. The Morgan fingerprint density at radius 2 is 1.59 bits per heavy atom. The van der Waals surface area contributed by atoms with E-state index in [2.05, 4.69) is 10.1 Å². The fourth-order valence-corrected chi connectivity index (χ4v) is 4.22. The van der Waals surface area contributed by atoms with Crippen LogP contribution in [0.1, 0.15) is 22.1 Å². The van der Waals surface area contributed by atoms with Crippen molar-refractivity contribution in [2.75, 3.05) is 12.4 Å². The smallest absolute Gasteiger partial charge is 0.273 e. The predicted molar refractivity (Wildman–Crippen MR) is 109 cm³/mol. The van der Waals surface area contributed by atoms with E-state index in [1.54, 1.807) is 67.8 Å². The van der Waals surface area contributed by atoms with Crippen molar-refractivity contribution in [3.63, 3.8) is 0 Å². The molecule has 1 heterocycles. The molecule has 0 radical (unpaired) electrons. The molecule has 0 saturated heterocycles. The van der Waals surface area contributed by atoms with Crippen molar-refractivity contribution in [3.8, 4) is 5.75 Å². The summed E-state index contributed by atoms with van der Waals surface area (Å²) in [4.78, 5) is 15.7. The number of rotatable bonds is 5. The molecule has 1 aliphatic rings. The number of benzene rings is 3. The summed E-state index contributed by atoms with van der Waals surface area (Å²) in [5, 5.41) is 4.35. The lowest BCUT2D eigenvalue weighted by Crippen LogP contribution is -2.52. The molecule has 0 aromatic heterocycles. The lowest BCUT2D eigenvalue weighted by atomic mass is 10.1. The summed E-state index contributed by atoms with van der Waals surface area (Å²) in [6.07, 6.45) is -0.734. The van der Waals surface area contributed by atoms with Crippen molar-refractivity contribution in [2.24, 2.45) is 0 Å². The van der Waals surface area contributed by atoms with Crippen molar-refractivity contribution in [2.45, 2.75) is 11.1 Å². The Morgan fingerprint density at radius 3 is 2.28 bits per heavy atom. The first kappa shape index (κ1) is 19.0. The highest BCUT2D eigenvalue weighted by Crippen LogP contribution is 2.33. The summed E-state index contributed by atoms with van der Waals surface area (Å²) in [7, 11) is -2.40. The number of ether oxygens (including phenoxy) is 1. The van der Waals surface area contributed by atoms with Crippen LogP contribution in [0, 0.1) is 0 Å². The number of nitrogens with one attached hydrogen (secondary N) is 2. The third kappa shape index (κ3) is 3.67. The molecule has 0 bridgehead atoms. The van der Waals surface area contributed by atoms with Gasteiger partial charge in [-0.1, -0.05) is 42.5 Å². The molecular weight excluding hydrogens is 390 g/mol. The summed E-state index contributed by atoms with van der Waals surface area (Å²) < 4.78 is 31.0. The molecule has 0 saturated carbocycles. The molecule has 0 spiro atoms. The fourth-order valence-electron chi connectivity index (χ4n) is 3.15. The molecule has 8 heteroatoms. The minimum absolute atomic E-state index is 0.0696. The number of hydrogen-bond acceptors (Lipinski definition) is 5. The molecule has 0 unspecified atom stereocenters. The maximum absolute atomic E-state index is 13.2. The first-order valence-electron chi connectivity index (χ1n) is 8.90. The van der Waals surface area contributed by atoms with Crippen LogP contribution in [-0.4, -0.2) is 26.4 Å². The van der Waals surface area contributed by atoms with Gasteiger partial charge in [-0.2, -0.15) is 0 Å². The van der Waals surface area contributed by atoms with E-state index in [1.807, 2.05) is 6.07 Å². The number of para-hydroxylation sites is 1. The van der Waals surface area contributed by atoms with Crippen molar-refractivity contribution >= 4 is 21.6 Å². The summed E-state index contributed by atoms with van der Waals surface area (Å²) in [5.41, 5.74) is 1.71. The van der Waals surface area contributed by atoms with Crippen molar-refractivity contribution < 1.29 is 17.9 Å². The lowest BCUT2D eigenvalue weighted by Gasteiger charge is -2.37. The number of carbonyl (C=O) groups excluding carboxylic acids is 1. The van der Waals surface area contributed by atoms with Crippen molar-refractivity contribution in [1.82, 2.24) is 9.84 Å². The number of hydrazine groups is 1. The number of anilines is 1. The van der Waals surface area contributed by atoms with Gasteiger partial charge in [-0.25, -0.2) is 13.4 Å². The van der Waals surface area contributed by atoms with Crippen molar-refractivity contribution in [3.05, 3.63) is 90.0 Å². The van der Waals surface area contributed by atoms with Gasteiger partial charge >= 0.3 is 0 Å². The zero-order valence-electron chi connectivity index (χ0n) is 15.6. The molecule has 1 aliphatic heterocycles. The van der Waals surface area contributed by atoms with E-state index < -0.39 is 22.1 Å². The SMILES string of the molecule is COc1ccc([C@@H]2Nc3ccccc3C(=O)N2NS(=O)(=O)c2ccccc2)cc1. The normalized spacial score (nSPS) is 16.1. The highest BCUT2D eigenvalue weighted by molar-refractivity contribution is 7.89. The molecule has 3 aromatic carbocycles. The minimum Gasteiger partial charge on any atom is -0.497 e. The molecule has 4 rings (SSSR count). The van der Waals surface area contributed by atoms with Crippen LogP contribution in [0.15, 0.2) is 83.8 Å². The summed E-state index contributed by atoms with van der Waals surface area (Å²) in [5.74, 6) is 0.215. The van der Waals surface area contributed by atoms with Gasteiger partial charge in [-0.15, -0.1) is 4.83 Å². The van der Waals surface area contributed by atoms with E-state index in [-0.39, 0.29) is 4.90 Å². The van der Waals surface area contributed by atoms with Crippen LogP contribution in [0.3, 0.4) is 0 Å². The molecule has 3 aromatic rings. The molecule has 1 atom stereocenters. The first-order valence-corrected chi connectivity index (χ1v) is 10.4. The Bertz CT molecular complexity index is 1130. The molecule has 29 heavy (non-hydrogen) atoms. The van der Waals surface area contributed by atoms with Crippen molar-refractivity contribution in [1.29, 1.82) is 0 Å². The maximum Gasteiger partial charge on any atom is 0.273 e. The van der Waals surface area contributed by atoms with Crippen LogP contribution in [-0.2, 0) is 10.0 Å². The Kier molecular flexibility index (Phi) is 4.96. The lowest BCUT2D eigenvalue weighted by molar-refractivity contribution is 0.0632. The average molecular weight is 409 g/mol. The van der Waals surface area contributed by atoms with E-state index >= 15 is 0 Å². The molecule has 0 fully saturated rings. The molecule has 1 amide bonds.